The van der Waals surface area contributed by atoms with Crippen LogP contribution in [0, 0.1) is 0 Å². The minimum atomic E-state index is -1.11. The number of carboxylic acid groups (broad SMARTS) is 1. The van der Waals surface area contributed by atoms with Gasteiger partial charge in [0, 0.05) is 5.56 Å². The Labute approximate surface area is 134 Å². The normalized spacial score (nSPS) is 13.2. The van der Waals surface area contributed by atoms with Gasteiger partial charge in [-0.2, -0.15) is 0 Å². The number of anilines is 1. The van der Waals surface area contributed by atoms with Gasteiger partial charge in [-0.1, -0.05) is 0 Å². The van der Waals surface area contributed by atoms with E-state index in [1.54, 1.807) is 0 Å². The van der Waals surface area contributed by atoms with E-state index in [2.05, 4.69) is 0 Å². The highest BCUT2D eigenvalue weighted by atomic mass is 35.5. The van der Waals surface area contributed by atoms with Crippen molar-refractivity contribution in [1.29, 1.82) is 0 Å². The molecule has 1 N–H and O–H groups in total. The average molecular weight is 330 g/mol. The van der Waals surface area contributed by atoms with E-state index in [1.165, 1.54) is 42.5 Å². The van der Waals surface area contributed by atoms with Crippen molar-refractivity contribution in [3.8, 4) is 0 Å². The number of carbonyl (C=O) groups is 4. The van der Waals surface area contributed by atoms with Crippen LogP contribution in [-0.2, 0) is 0 Å². The number of fused-ring (bicyclic) bond motifs is 1. The number of amides is 2. The molecule has 2 amide bonds. The van der Waals surface area contributed by atoms with Crippen molar-refractivity contribution in [3.05, 3.63) is 64.7 Å². The van der Waals surface area contributed by atoms with E-state index >= 15 is 0 Å². The van der Waals surface area contributed by atoms with Gasteiger partial charge in [0.2, 0.25) is 0 Å². The zero-order valence-electron chi connectivity index (χ0n) is 11.4. The highest BCUT2D eigenvalue weighted by molar-refractivity contribution is 6.67. The molecule has 0 unspecified atom stereocenters. The van der Waals surface area contributed by atoms with E-state index in [-0.39, 0.29) is 27.9 Å². The van der Waals surface area contributed by atoms with Gasteiger partial charge in [-0.3, -0.25) is 14.4 Å². The van der Waals surface area contributed by atoms with Crippen LogP contribution in [0.5, 0.6) is 0 Å². The molecular formula is C16H8ClNO5. The Hall–Kier alpha value is -2.99. The molecule has 2 aromatic carbocycles. The quantitative estimate of drug-likeness (QED) is 0.690. The summed E-state index contributed by atoms with van der Waals surface area (Å²) >= 11 is 5.39. The minimum Gasteiger partial charge on any atom is -0.478 e. The van der Waals surface area contributed by atoms with E-state index in [0.29, 0.717) is 0 Å². The third-order valence-corrected chi connectivity index (χ3v) is 3.70. The second kappa shape index (κ2) is 5.33. The van der Waals surface area contributed by atoms with Gasteiger partial charge in [-0.25, -0.2) is 9.69 Å². The molecule has 0 bridgehead atoms. The standard InChI is InChI=1S/C16H8ClNO5/c17-13(19)9-3-6-11-12(7-9)15(21)18(14(11)20)10-4-1-8(2-5-10)16(22)23/h1-7H,(H,22,23). The fraction of sp³-hybridized carbons (Fsp3) is 0. The monoisotopic (exact) mass is 329 g/mol. The van der Waals surface area contributed by atoms with E-state index in [1.807, 2.05) is 0 Å². The van der Waals surface area contributed by atoms with Gasteiger partial charge in [0.15, 0.2) is 0 Å². The Morgan fingerprint density at radius 3 is 2.00 bits per heavy atom. The van der Waals surface area contributed by atoms with Crippen LogP contribution in [0.15, 0.2) is 42.5 Å². The lowest BCUT2D eigenvalue weighted by Crippen LogP contribution is -2.29. The number of nitrogens with zero attached hydrogens (tertiary/aromatic N) is 1. The second-order valence-corrected chi connectivity index (χ2v) is 5.18. The van der Waals surface area contributed by atoms with Crippen molar-refractivity contribution in [3.63, 3.8) is 0 Å². The van der Waals surface area contributed by atoms with Gasteiger partial charge in [0.1, 0.15) is 0 Å². The van der Waals surface area contributed by atoms with Crippen molar-refractivity contribution < 1.29 is 24.3 Å². The third-order valence-electron chi connectivity index (χ3n) is 3.49. The molecule has 1 aliphatic heterocycles. The molecule has 0 aliphatic carbocycles. The second-order valence-electron chi connectivity index (χ2n) is 4.83. The summed E-state index contributed by atoms with van der Waals surface area (Å²) in [6, 6.07) is 9.37. The van der Waals surface area contributed by atoms with Crippen LogP contribution in [-0.4, -0.2) is 28.1 Å². The van der Waals surface area contributed by atoms with Crippen molar-refractivity contribution in [2.45, 2.75) is 0 Å². The SMILES string of the molecule is O=C(O)c1ccc(N2C(=O)c3ccc(C(=O)Cl)cc3C2=O)cc1. The number of halogens is 1. The first-order valence-electron chi connectivity index (χ1n) is 6.46. The number of imide groups is 1. The Kier molecular flexibility index (Phi) is 3.46. The van der Waals surface area contributed by atoms with E-state index in [4.69, 9.17) is 16.7 Å². The summed E-state index contributed by atoms with van der Waals surface area (Å²) in [5, 5.41) is 8.15. The van der Waals surface area contributed by atoms with E-state index in [9.17, 15) is 19.2 Å². The zero-order chi connectivity index (χ0) is 16.7. The summed E-state index contributed by atoms with van der Waals surface area (Å²) in [6.07, 6.45) is 0. The lowest BCUT2D eigenvalue weighted by molar-refractivity contribution is 0.0696. The number of carboxylic acids is 1. The first-order chi connectivity index (χ1) is 10.9. The molecule has 1 heterocycles. The van der Waals surface area contributed by atoms with Crippen LogP contribution in [0.1, 0.15) is 41.4 Å². The molecule has 3 rings (SSSR count). The molecule has 6 nitrogen and oxygen atoms in total. The predicted molar refractivity (Wildman–Crippen MR) is 81.2 cm³/mol. The molecule has 0 radical (unpaired) electrons. The average Bonchev–Trinajstić information content (AvgIpc) is 2.78. The molecule has 1 aliphatic rings. The number of hydrogen-bond donors (Lipinski definition) is 1. The van der Waals surface area contributed by atoms with Crippen LogP contribution >= 0.6 is 11.6 Å². The van der Waals surface area contributed by atoms with E-state index in [0.717, 1.165) is 4.90 Å². The molecule has 0 fully saturated rings. The van der Waals surface area contributed by atoms with Crippen LogP contribution in [0.3, 0.4) is 0 Å². The predicted octanol–water partition coefficient (Wildman–Crippen LogP) is 2.56. The molecule has 114 valence electrons. The maximum absolute atomic E-state index is 12.4. The highest BCUT2D eigenvalue weighted by Crippen LogP contribution is 2.29. The molecule has 0 spiro atoms. The van der Waals surface area contributed by atoms with Crippen LogP contribution in [0.25, 0.3) is 0 Å². The molecule has 23 heavy (non-hydrogen) atoms. The van der Waals surface area contributed by atoms with Gasteiger partial charge < -0.3 is 5.11 Å². The van der Waals surface area contributed by atoms with Gasteiger partial charge in [0.25, 0.3) is 17.1 Å². The van der Waals surface area contributed by atoms with Crippen molar-refractivity contribution in [2.24, 2.45) is 0 Å². The maximum Gasteiger partial charge on any atom is 0.335 e. The van der Waals surface area contributed by atoms with E-state index < -0.39 is 23.0 Å². The van der Waals surface area contributed by atoms with Crippen molar-refractivity contribution >= 4 is 40.3 Å². The molecule has 0 atom stereocenters. The number of rotatable bonds is 3. The summed E-state index contributed by atoms with van der Waals surface area (Å²) in [7, 11) is 0. The van der Waals surface area contributed by atoms with Crippen LogP contribution in [0.4, 0.5) is 5.69 Å². The molecule has 2 aromatic rings. The molecule has 0 saturated heterocycles. The van der Waals surface area contributed by atoms with Gasteiger partial charge >= 0.3 is 5.97 Å². The fourth-order valence-electron chi connectivity index (χ4n) is 2.35. The summed E-state index contributed by atoms with van der Waals surface area (Å²) < 4.78 is 0. The van der Waals surface area contributed by atoms with Crippen molar-refractivity contribution in [1.82, 2.24) is 0 Å². The smallest absolute Gasteiger partial charge is 0.335 e. The summed E-state index contributed by atoms with van der Waals surface area (Å²) in [5.74, 6) is -2.24. The molecular weight excluding hydrogens is 322 g/mol. The van der Waals surface area contributed by atoms with Crippen molar-refractivity contribution in [2.75, 3.05) is 4.90 Å². The minimum absolute atomic E-state index is 0.0420. The summed E-state index contributed by atoms with van der Waals surface area (Å²) in [4.78, 5) is 47.8. The fourth-order valence-corrected chi connectivity index (χ4v) is 2.47. The van der Waals surface area contributed by atoms with Gasteiger partial charge in [0.05, 0.1) is 22.4 Å². The summed E-state index contributed by atoms with van der Waals surface area (Å²) in [5.41, 5.74) is 0.665. The van der Waals surface area contributed by atoms with Crippen LogP contribution in [0.2, 0.25) is 0 Å². The molecule has 0 aromatic heterocycles. The first-order valence-corrected chi connectivity index (χ1v) is 6.84. The zero-order valence-corrected chi connectivity index (χ0v) is 12.2. The number of hydrogen-bond acceptors (Lipinski definition) is 4. The Bertz CT molecular complexity index is 873. The largest absolute Gasteiger partial charge is 0.478 e. The topological polar surface area (TPSA) is 91.8 Å². The third kappa shape index (κ3) is 2.39. The van der Waals surface area contributed by atoms with Crippen LogP contribution < -0.4 is 4.90 Å². The Balaban J connectivity index is 2.02. The highest BCUT2D eigenvalue weighted by Gasteiger charge is 2.37. The van der Waals surface area contributed by atoms with Gasteiger partial charge in [-0.15, -0.1) is 0 Å². The Morgan fingerprint density at radius 2 is 1.43 bits per heavy atom. The molecule has 0 saturated carbocycles. The first kappa shape index (κ1) is 14.9. The lowest BCUT2D eigenvalue weighted by atomic mass is 10.1. The number of carbonyl (C=O) groups excluding carboxylic acids is 3. The summed E-state index contributed by atoms with van der Waals surface area (Å²) in [6.45, 7) is 0. The lowest BCUT2D eigenvalue weighted by Gasteiger charge is -2.13. The van der Waals surface area contributed by atoms with Gasteiger partial charge in [-0.05, 0) is 54.1 Å². The Morgan fingerprint density at radius 1 is 0.870 bits per heavy atom. The number of aromatic carboxylic acids is 1. The molecule has 7 heteroatoms. The maximum atomic E-state index is 12.4. The number of benzene rings is 2.